The maximum atomic E-state index is 10.5. The average Bonchev–Trinajstić information content (AvgIpc) is 2.40. The number of tetrazole rings is 1. The molecule has 1 heterocycles. The summed E-state index contributed by atoms with van der Waals surface area (Å²) in [5.74, 6) is -0.391. The lowest BCUT2D eigenvalue weighted by Crippen LogP contribution is -2.13. The number of rotatable bonds is 2. The Bertz CT molecular complexity index is 207. The van der Waals surface area contributed by atoms with Gasteiger partial charge in [-0.05, 0) is 5.21 Å². The van der Waals surface area contributed by atoms with Crippen LogP contribution >= 0.6 is 0 Å². The van der Waals surface area contributed by atoms with Crippen LogP contribution in [-0.4, -0.2) is 33.3 Å². The van der Waals surface area contributed by atoms with E-state index in [1.54, 1.807) is 0 Å². The van der Waals surface area contributed by atoms with Crippen molar-refractivity contribution in [2.24, 2.45) is 0 Å². The third-order valence-electron chi connectivity index (χ3n) is 0.890. The van der Waals surface area contributed by atoms with Crippen LogP contribution in [-0.2, 0) is 16.1 Å². The van der Waals surface area contributed by atoms with E-state index in [0.29, 0.717) is 0 Å². The highest BCUT2D eigenvalue weighted by Gasteiger charge is 2.01. The van der Waals surface area contributed by atoms with Gasteiger partial charge in [-0.2, -0.15) is 4.80 Å². The van der Waals surface area contributed by atoms with Gasteiger partial charge >= 0.3 is 5.97 Å². The first-order valence-corrected chi connectivity index (χ1v) is 2.60. The van der Waals surface area contributed by atoms with Crippen molar-refractivity contribution in [2.45, 2.75) is 6.54 Å². The molecule has 0 unspecified atom stereocenters. The number of nitrogens with zero attached hydrogens (tertiary/aromatic N) is 4. The Labute approximate surface area is 56.8 Å². The molecule has 1 aromatic rings. The highest BCUT2D eigenvalue weighted by molar-refractivity contribution is 5.68. The summed E-state index contributed by atoms with van der Waals surface area (Å²) in [6, 6.07) is 0. The van der Waals surface area contributed by atoms with Gasteiger partial charge in [0.1, 0.15) is 0 Å². The van der Waals surface area contributed by atoms with Crippen molar-refractivity contribution >= 4 is 5.97 Å². The lowest BCUT2D eigenvalue weighted by Gasteiger charge is -1.94. The summed E-state index contributed by atoms with van der Waals surface area (Å²) >= 11 is 0. The van der Waals surface area contributed by atoms with E-state index in [9.17, 15) is 4.79 Å². The van der Waals surface area contributed by atoms with Gasteiger partial charge in [-0.1, -0.05) is 0 Å². The minimum atomic E-state index is -0.391. The first-order chi connectivity index (χ1) is 4.83. The number of methoxy groups -OCH3 is 1. The van der Waals surface area contributed by atoms with Crippen LogP contribution in [0.2, 0.25) is 0 Å². The fourth-order valence-corrected chi connectivity index (χ4v) is 0.441. The van der Waals surface area contributed by atoms with Gasteiger partial charge in [0, 0.05) is 0 Å². The minimum Gasteiger partial charge on any atom is -0.468 e. The fraction of sp³-hybridized carbons (Fsp3) is 0.500. The molecule has 6 nitrogen and oxygen atoms in total. The Morgan fingerprint density at radius 3 is 3.10 bits per heavy atom. The molecular formula is C4H6N4O2. The summed E-state index contributed by atoms with van der Waals surface area (Å²) < 4.78 is 4.36. The molecule has 0 spiro atoms. The molecule has 0 bridgehead atoms. The van der Waals surface area contributed by atoms with Gasteiger partial charge in [0.15, 0.2) is 12.9 Å². The zero-order chi connectivity index (χ0) is 7.40. The van der Waals surface area contributed by atoms with Gasteiger partial charge in [0.05, 0.1) is 7.11 Å². The molecule has 0 saturated carbocycles. The Balaban J connectivity index is 2.48. The molecule has 0 radical (unpaired) electrons. The Morgan fingerprint density at radius 2 is 2.60 bits per heavy atom. The Kier molecular flexibility index (Phi) is 1.93. The summed E-state index contributed by atoms with van der Waals surface area (Å²) in [7, 11) is 1.30. The van der Waals surface area contributed by atoms with Gasteiger partial charge in [0.25, 0.3) is 0 Å². The van der Waals surface area contributed by atoms with Gasteiger partial charge in [0.2, 0.25) is 0 Å². The van der Waals surface area contributed by atoms with Crippen molar-refractivity contribution < 1.29 is 9.53 Å². The second-order valence-corrected chi connectivity index (χ2v) is 1.54. The first kappa shape index (κ1) is 6.66. The molecular weight excluding hydrogens is 136 g/mol. The van der Waals surface area contributed by atoms with E-state index in [1.807, 2.05) is 0 Å². The van der Waals surface area contributed by atoms with Gasteiger partial charge in [-0.3, -0.25) is 0 Å². The lowest BCUT2D eigenvalue weighted by molar-refractivity contribution is -0.141. The van der Waals surface area contributed by atoms with Crippen LogP contribution in [0.5, 0.6) is 0 Å². The average molecular weight is 142 g/mol. The molecule has 0 saturated heterocycles. The van der Waals surface area contributed by atoms with Crippen molar-refractivity contribution in [2.75, 3.05) is 7.11 Å². The predicted octanol–water partition coefficient (Wildman–Crippen LogP) is -1.15. The smallest absolute Gasteiger partial charge is 0.329 e. The number of carbonyl (C=O) groups excluding carboxylic acids is 1. The summed E-state index contributed by atoms with van der Waals surface area (Å²) in [5.41, 5.74) is 0. The minimum absolute atomic E-state index is 0.0104. The molecule has 0 N–H and O–H groups in total. The van der Waals surface area contributed by atoms with E-state index in [0.717, 1.165) is 4.80 Å². The maximum absolute atomic E-state index is 10.5. The van der Waals surface area contributed by atoms with Crippen LogP contribution in [0.1, 0.15) is 0 Å². The summed E-state index contributed by atoms with van der Waals surface area (Å²) in [6.45, 7) is 0.0104. The number of hydrogen-bond acceptors (Lipinski definition) is 5. The molecule has 0 aromatic carbocycles. The normalized spacial score (nSPS) is 9.30. The highest BCUT2D eigenvalue weighted by atomic mass is 16.5. The maximum Gasteiger partial charge on any atom is 0.329 e. The number of aromatic nitrogens is 4. The summed E-state index contributed by atoms with van der Waals surface area (Å²) in [4.78, 5) is 11.7. The third-order valence-corrected chi connectivity index (χ3v) is 0.890. The van der Waals surface area contributed by atoms with E-state index in [-0.39, 0.29) is 6.54 Å². The van der Waals surface area contributed by atoms with Crippen LogP contribution in [0.15, 0.2) is 6.33 Å². The van der Waals surface area contributed by atoms with Crippen molar-refractivity contribution in [1.82, 2.24) is 20.2 Å². The van der Waals surface area contributed by atoms with Crippen molar-refractivity contribution in [3.63, 3.8) is 0 Å². The molecule has 0 amide bonds. The van der Waals surface area contributed by atoms with Crippen LogP contribution in [0, 0.1) is 0 Å². The molecule has 0 aliphatic rings. The second-order valence-electron chi connectivity index (χ2n) is 1.54. The highest BCUT2D eigenvalue weighted by Crippen LogP contribution is 1.78. The van der Waals surface area contributed by atoms with Crippen LogP contribution < -0.4 is 0 Å². The molecule has 1 aromatic heterocycles. The van der Waals surface area contributed by atoms with E-state index in [1.165, 1.54) is 13.4 Å². The molecule has 6 heteroatoms. The van der Waals surface area contributed by atoms with Crippen molar-refractivity contribution in [3.8, 4) is 0 Å². The molecule has 1 rings (SSSR count). The SMILES string of the molecule is COC(=O)Cn1ncnn1. The molecule has 0 fully saturated rings. The number of hydrogen-bond donors (Lipinski definition) is 0. The largest absolute Gasteiger partial charge is 0.468 e. The number of esters is 1. The van der Waals surface area contributed by atoms with E-state index >= 15 is 0 Å². The summed E-state index contributed by atoms with van der Waals surface area (Å²) in [6.07, 6.45) is 1.25. The molecule has 0 aliphatic heterocycles. The topological polar surface area (TPSA) is 69.9 Å². The van der Waals surface area contributed by atoms with E-state index < -0.39 is 5.97 Å². The quantitative estimate of drug-likeness (QED) is 0.487. The monoisotopic (exact) mass is 142 g/mol. The van der Waals surface area contributed by atoms with Gasteiger partial charge in [-0.15, -0.1) is 10.2 Å². The Morgan fingerprint density at radius 1 is 1.80 bits per heavy atom. The second kappa shape index (κ2) is 2.90. The standard InChI is InChI=1S/C4H6N4O2/c1-10-4(9)2-8-6-3-5-7-8/h3H,2H2,1H3. The molecule has 54 valence electrons. The van der Waals surface area contributed by atoms with Crippen LogP contribution in [0.25, 0.3) is 0 Å². The molecule has 0 atom stereocenters. The van der Waals surface area contributed by atoms with Crippen LogP contribution in [0.3, 0.4) is 0 Å². The molecule has 0 aliphatic carbocycles. The zero-order valence-corrected chi connectivity index (χ0v) is 5.39. The van der Waals surface area contributed by atoms with E-state index in [2.05, 4.69) is 20.1 Å². The van der Waals surface area contributed by atoms with Gasteiger partial charge in [-0.25, -0.2) is 4.79 Å². The lowest BCUT2D eigenvalue weighted by atomic mass is 10.7. The Hall–Kier alpha value is -1.46. The third kappa shape index (κ3) is 1.51. The predicted molar refractivity (Wildman–Crippen MR) is 29.8 cm³/mol. The number of ether oxygens (including phenoxy) is 1. The van der Waals surface area contributed by atoms with Crippen LogP contribution in [0.4, 0.5) is 0 Å². The molecule has 10 heavy (non-hydrogen) atoms. The first-order valence-electron chi connectivity index (χ1n) is 2.60. The summed E-state index contributed by atoms with van der Waals surface area (Å²) in [5, 5.41) is 10.5. The van der Waals surface area contributed by atoms with Crippen molar-refractivity contribution in [3.05, 3.63) is 6.33 Å². The van der Waals surface area contributed by atoms with E-state index in [4.69, 9.17) is 0 Å². The number of carbonyl (C=O) groups is 1. The van der Waals surface area contributed by atoms with Crippen molar-refractivity contribution in [1.29, 1.82) is 0 Å². The fourth-order valence-electron chi connectivity index (χ4n) is 0.441. The zero-order valence-electron chi connectivity index (χ0n) is 5.39. The van der Waals surface area contributed by atoms with Gasteiger partial charge < -0.3 is 4.74 Å².